The first-order valence-corrected chi connectivity index (χ1v) is 38.7. The Morgan fingerprint density at radius 1 is 0.385 bits per heavy atom. The fourth-order valence-electron chi connectivity index (χ4n) is 12.9. The molecule has 14 nitrogen and oxygen atoms in total. The second kappa shape index (κ2) is 61.8. The average molecular weight is 1290 g/mol. The normalized spacial score (nSPS) is 22.9. The molecule has 91 heavy (non-hydrogen) atoms. The lowest BCUT2D eigenvalue weighted by atomic mass is 9.97. The van der Waals surface area contributed by atoms with Crippen LogP contribution in [-0.4, -0.2) is 140 Å². The third kappa shape index (κ3) is 45.4. The fraction of sp³-hybridized carbons (Fsp3) is 0.909. The first-order chi connectivity index (χ1) is 44.6. The van der Waals surface area contributed by atoms with Crippen LogP contribution < -0.4 is 5.32 Å². The first-order valence-electron chi connectivity index (χ1n) is 38.7. The van der Waals surface area contributed by atoms with E-state index in [1.165, 1.54) is 276 Å². The van der Waals surface area contributed by atoms with Crippen LogP contribution in [0.3, 0.4) is 0 Å². The first kappa shape index (κ1) is 85.3. The second-order valence-electron chi connectivity index (χ2n) is 27.5. The minimum absolute atomic E-state index is 0.246. The van der Waals surface area contributed by atoms with Gasteiger partial charge in [-0.05, 0) is 44.9 Å². The van der Waals surface area contributed by atoms with Gasteiger partial charge in [0.2, 0.25) is 5.91 Å². The highest BCUT2D eigenvalue weighted by Crippen LogP contribution is 2.30. The van der Waals surface area contributed by atoms with Crippen LogP contribution in [0.25, 0.3) is 0 Å². The Hall–Kier alpha value is -1.79. The zero-order valence-corrected chi connectivity index (χ0v) is 58.6. The smallest absolute Gasteiger partial charge is 0.220 e. The van der Waals surface area contributed by atoms with Crippen molar-refractivity contribution in [1.82, 2.24) is 5.32 Å². The molecule has 12 unspecified atom stereocenters. The van der Waals surface area contributed by atoms with E-state index in [-0.39, 0.29) is 18.9 Å². The van der Waals surface area contributed by atoms with Gasteiger partial charge in [0.25, 0.3) is 0 Å². The molecule has 2 aliphatic rings. The summed E-state index contributed by atoms with van der Waals surface area (Å²) in [5.41, 5.74) is 0. The van der Waals surface area contributed by atoms with Gasteiger partial charge in [0.05, 0.1) is 32.0 Å². The molecule has 2 aliphatic heterocycles. The Kier molecular flexibility index (Phi) is 57.9. The number of amides is 1. The molecule has 14 heteroatoms. The Morgan fingerprint density at radius 2 is 0.703 bits per heavy atom. The van der Waals surface area contributed by atoms with Gasteiger partial charge in [-0.1, -0.05) is 339 Å². The molecule has 2 fully saturated rings. The molecule has 0 aliphatic carbocycles. The number of unbranched alkanes of at least 4 members (excludes halogenated alkanes) is 48. The highest BCUT2D eigenvalue weighted by Gasteiger charge is 2.51. The lowest BCUT2D eigenvalue weighted by Crippen LogP contribution is -2.65. The Bertz CT molecular complexity index is 1670. The van der Waals surface area contributed by atoms with E-state index in [2.05, 4.69) is 43.5 Å². The third-order valence-corrected chi connectivity index (χ3v) is 19.1. The van der Waals surface area contributed by atoms with Crippen LogP contribution in [0.5, 0.6) is 0 Å². The number of allylic oxidation sites excluding steroid dienone is 5. The number of aliphatic hydroxyl groups excluding tert-OH is 8. The monoisotopic (exact) mass is 1290 g/mol. The fourth-order valence-corrected chi connectivity index (χ4v) is 12.9. The molecule has 0 bridgehead atoms. The SMILES string of the molecule is CCCCCCCCCCCCCCCCCCCCCCC/C=C/CC/C=C/CC/C=C/C(O)C(COC1OC(CO)C(OC2OC(CO)C(O)C(O)C2O)C(O)C1O)NC(=O)CCCCCCCCCCCCCCCCCCCCCCCCCCCC. The summed E-state index contributed by atoms with van der Waals surface area (Å²) in [7, 11) is 0. The van der Waals surface area contributed by atoms with E-state index in [9.17, 15) is 45.6 Å². The Morgan fingerprint density at radius 3 is 1.08 bits per heavy atom. The van der Waals surface area contributed by atoms with Crippen LogP contribution in [-0.2, 0) is 23.7 Å². The summed E-state index contributed by atoms with van der Waals surface area (Å²) in [6.07, 6.45) is 63.7. The third-order valence-electron chi connectivity index (χ3n) is 19.1. The van der Waals surface area contributed by atoms with Crippen molar-refractivity contribution in [2.75, 3.05) is 19.8 Å². The molecular formula is C77H145NO13. The molecule has 2 saturated heterocycles. The van der Waals surface area contributed by atoms with Crippen molar-refractivity contribution in [2.24, 2.45) is 0 Å². The van der Waals surface area contributed by atoms with Crippen LogP contribution in [0.2, 0.25) is 0 Å². The van der Waals surface area contributed by atoms with Crippen LogP contribution in [0.4, 0.5) is 0 Å². The Labute approximate surface area is 557 Å². The zero-order valence-electron chi connectivity index (χ0n) is 58.6. The maximum absolute atomic E-state index is 13.4. The molecule has 0 aromatic heterocycles. The molecule has 9 N–H and O–H groups in total. The maximum atomic E-state index is 13.4. The van der Waals surface area contributed by atoms with Gasteiger partial charge in [0, 0.05) is 6.42 Å². The van der Waals surface area contributed by atoms with Crippen molar-refractivity contribution >= 4 is 5.91 Å². The molecule has 1 amide bonds. The van der Waals surface area contributed by atoms with E-state index in [0.29, 0.717) is 12.8 Å². The van der Waals surface area contributed by atoms with E-state index in [4.69, 9.17) is 18.9 Å². The number of aliphatic hydroxyl groups is 8. The van der Waals surface area contributed by atoms with Crippen LogP contribution in [0, 0.1) is 0 Å². The number of nitrogens with one attached hydrogen (secondary N) is 1. The maximum Gasteiger partial charge on any atom is 0.220 e. The van der Waals surface area contributed by atoms with Gasteiger partial charge in [0.1, 0.15) is 48.8 Å². The van der Waals surface area contributed by atoms with Crippen LogP contribution >= 0.6 is 0 Å². The van der Waals surface area contributed by atoms with Gasteiger partial charge < -0.3 is 65.1 Å². The quantitative estimate of drug-likeness (QED) is 0.0204. The van der Waals surface area contributed by atoms with Crippen LogP contribution in [0.15, 0.2) is 36.5 Å². The van der Waals surface area contributed by atoms with Gasteiger partial charge in [-0.3, -0.25) is 4.79 Å². The molecule has 0 aromatic carbocycles. The minimum atomic E-state index is -1.79. The molecule has 2 heterocycles. The molecule has 2 rings (SSSR count). The van der Waals surface area contributed by atoms with Crippen molar-refractivity contribution in [3.63, 3.8) is 0 Å². The summed E-state index contributed by atoms with van der Waals surface area (Å²) in [6, 6.07) is -0.938. The number of carbonyl (C=O) groups excluding carboxylic acids is 1. The summed E-state index contributed by atoms with van der Waals surface area (Å²) in [5.74, 6) is -0.246. The Balaban J connectivity index is 1.66. The van der Waals surface area contributed by atoms with Gasteiger partial charge in [-0.2, -0.15) is 0 Å². The molecule has 0 radical (unpaired) electrons. The summed E-state index contributed by atoms with van der Waals surface area (Å²) in [6.45, 7) is 2.84. The van der Waals surface area contributed by atoms with Crippen molar-refractivity contribution < 1.29 is 64.6 Å². The molecule has 0 aromatic rings. The highest BCUT2D eigenvalue weighted by molar-refractivity contribution is 5.76. The van der Waals surface area contributed by atoms with Crippen molar-refractivity contribution in [2.45, 2.75) is 428 Å². The zero-order chi connectivity index (χ0) is 65.9. The van der Waals surface area contributed by atoms with E-state index >= 15 is 0 Å². The minimum Gasteiger partial charge on any atom is -0.394 e. The van der Waals surface area contributed by atoms with E-state index in [1.54, 1.807) is 6.08 Å². The topological polar surface area (TPSA) is 228 Å². The lowest BCUT2D eigenvalue weighted by molar-refractivity contribution is -0.359. The van der Waals surface area contributed by atoms with E-state index in [1.807, 2.05) is 6.08 Å². The predicted molar refractivity (Wildman–Crippen MR) is 374 cm³/mol. The van der Waals surface area contributed by atoms with Gasteiger partial charge in [0.15, 0.2) is 12.6 Å². The second-order valence-corrected chi connectivity index (χ2v) is 27.5. The summed E-state index contributed by atoms with van der Waals surface area (Å²) >= 11 is 0. The standard InChI is InChI=1S/C77H145NO13/c1-3-5-7-9-11-13-15-17-19-21-23-25-27-29-31-32-33-34-35-36-38-40-42-44-46-48-50-52-54-56-58-60-66(81)65(64-88-76-74(87)72(85)75(68(63-80)90-76)91-77-73(86)71(84)70(83)67(62-79)89-77)78-69(82)61-59-57-55-53-51-49-47-45-43-41-39-37-30-28-26-24-22-20-18-16-14-12-10-8-6-4-2/h42,44,50,52,58,60,65-68,70-77,79-81,83-87H,3-41,43,45-49,51,53-57,59,61-64H2,1-2H3,(H,78,82)/b44-42+,52-50+,60-58+. The number of carbonyl (C=O) groups is 1. The summed E-state index contributed by atoms with van der Waals surface area (Å²) in [5, 5.41) is 87.6. The molecule has 12 atom stereocenters. The van der Waals surface area contributed by atoms with Gasteiger partial charge in [-0.25, -0.2) is 0 Å². The molecule has 0 spiro atoms. The van der Waals surface area contributed by atoms with E-state index < -0.39 is 86.8 Å². The summed E-state index contributed by atoms with van der Waals surface area (Å²) in [4.78, 5) is 13.4. The number of ether oxygens (including phenoxy) is 4. The van der Waals surface area contributed by atoms with Crippen molar-refractivity contribution in [1.29, 1.82) is 0 Å². The molecule has 536 valence electrons. The largest absolute Gasteiger partial charge is 0.394 e. The predicted octanol–water partition coefficient (Wildman–Crippen LogP) is 16.9. The summed E-state index contributed by atoms with van der Waals surface area (Å²) < 4.78 is 22.9. The molecule has 0 saturated carbocycles. The van der Waals surface area contributed by atoms with Crippen LogP contribution in [0.1, 0.15) is 354 Å². The van der Waals surface area contributed by atoms with Crippen molar-refractivity contribution in [3.05, 3.63) is 36.5 Å². The number of hydrogen-bond donors (Lipinski definition) is 9. The number of hydrogen-bond acceptors (Lipinski definition) is 13. The lowest BCUT2D eigenvalue weighted by Gasteiger charge is -2.46. The van der Waals surface area contributed by atoms with Crippen molar-refractivity contribution in [3.8, 4) is 0 Å². The highest BCUT2D eigenvalue weighted by atomic mass is 16.7. The number of rotatable bonds is 65. The van der Waals surface area contributed by atoms with Gasteiger partial charge >= 0.3 is 0 Å². The van der Waals surface area contributed by atoms with Gasteiger partial charge in [-0.15, -0.1) is 0 Å². The molecular weight excluding hydrogens is 1150 g/mol. The van der Waals surface area contributed by atoms with E-state index in [0.717, 1.165) is 44.9 Å². The average Bonchev–Trinajstić information content (AvgIpc) is 0.993.